The maximum atomic E-state index is 11.9. The van der Waals surface area contributed by atoms with Gasteiger partial charge in [0.05, 0.1) is 7.11 Å². The highest BCUT2D eigenvalue weighted by atomic mass is 35.5. The van der Waals surface area contributed by atoms with Gasteiger partial charge in [-0.05, 0) is 36.8 Å². The Bertz CT molecular complexity index is 553. The lowest BCUT2D eigenvalue weighted by Crippen LogP contribution is -2.39. The molecule has 0 fully saturated rings. The molecule has 2 aromatic rings. The molecule has 0 saturated heterocycles. The Balaban J connectivity index is 0.00000200. The summed E-state index contributed by atoms with van der Waals surface area (Å²) in [7, 11) is 1.61. The number of pyridine rings is 1. The van der Waals surface area contributed by atoms with Gasteiger partial charge in [-0.1, -0.05) is 0 Å². The first-order valence-electron chi connectivity index (χ1n) is 6.07. The number of anilines is 1. The number of nitrogens with one attached hydrogen (secondary N) is 1. The predicted octanol–water partition coefficient (Wildman–Crippen LogP) is 2.35. The summed E-state index contributed by atoms with van der Waals surface area (Å²) in [6.45, 7) is 2.31. The molecule has 1 N–H and O–H groups in total. The van der Waals surface area contributed by atoms with Crippen molar-refractivity contribution in [2.24, 2.45) is 0 Å². The zero-order chi connectivity index (χ0) is 13.7. The molecule has 0 bridgehead atoms. The van der Waals surface area contributed by atoms with Crippen molar-refractivity contribution in [3.63, 3.8) is 0 Å². The van der Waals surface area contributed by atoms with Gasteiger partial charge in [-0.2, -0.15) is 4.57 Å². The maximum Gasteiger partial charge on any atom is 0.290 e. The Morgan fingerprint density at radius 1 is 1.15 bits per heavy atom. The summed E-state index contributed by atoms with van der Waals surface area (Å²) in [5, 5.41) is 2.84. The van der Waals surface area contributed by atoms with Crippen molar-refractivity contribution in [1.82, 2.24) is 0 Å². The Labute approximate surface area is 124 Å². The lowest BCUT2D eigenvalue weighted by molar-refractivity contribution is -0.684. The fraction of sp³-hybridized carbons (Fsp3) is 0.200. The second-order valence-corrected chi connectivity index (χ2v) is 4.32. The minimum atomic E-state index is -0.0565. The number of carbonyl (C=O) groups is 1. The van der Waals surface area contributed by atoms with Crippen LogP contribution in [0.3, 0.4) is 0 Å². The van der Waals surface area contributed by atoms with E-state index in [-0.39, 0.29) is 18.3 Å². The second-order valence-electron chi connectivity index (χ2n) is 4.32. The highest BCUT2D eigenvalue weighted by molar-refractivity contribution is 5.89. The summed E-state index contributed by atoms with van der Waals surface area (Å²) in [4.78, 5) is 11.9. The third-order valence-electron chi connectivity index (χ3n) is 2.76. The summed E-state index contributed by atoms with van der Waals surface area (Å²) >= 11 is 0. The van der Waals surface area contributed by atoms with Gasteiger partial charge in [0.15, 0.2) is 12.4 Å². The molecule has 0 aliphatic carbocycles. The summed E-state index contributed by atoms with van der Waals surface area (Å²) < 4.78 is 6.90. The number of rotatable bonds is 4. The molecule has 1 aromatic heterocycles. The van der Waals surface area contributed by atoms with Crippen LogP contribution in [0.2, 0.25) is 0 Å². The molecule has 106 valence electrons. The van der Waals surface area contributed by atoms with Gasteiger partial charge in [0.2, 0.25) is 6.54 Å². The van der Waals surface area contributed by atoms with Crippen molar-refractivity contribution in [1.29, 1.82) is 0 Å². The van der Waals surface area contributed by atoms with Crippen LogP contribution in [0, 0.1) is 6.92 Å². The van der Waals surface area contributed by atoms with E-state index < -0.39 is 0 Å². The molecule has 4 nitrogen and oxygen atoms in total. The number of amides is 1. The van der Waals surface area contributed by atoms with E-state index >= 15 is 0 Å². The molecular weight excluding hydrogens is 276 g/mol. The van der Waals surface area contributed by atoms with Crippen molar-refractivity contribution < 1.29 is 14.1 Å². The Morgan fingerprint density at radius 3 is 2.30 bits per heavy atom. The normalized spacial score (nSPS) is 9.50. The van der Waals surface area contributed by atoms with Gasteiger partial charge in [-0.3, -0.25) is 4.79 Å². The third-order valence-corrected chi connectivity index (χ3v) is 2.76. The average molecular weight is 294 g/mol. The second kappa shape index (κ2) is 7.50. The molecule has 1 aromatic carbocycles. The molecule has 0 aliphatic rings. The van der Waals surface area contributed by atoms with E-state index in [9.17, 15) is 4.79 Å². The number of aryl methyl sites for hydroxylation is 1. The van der Waals surface area contributed by atoms with E-state index in [0.29, 0.717) is 6.54 Å². The molecule has 1 heterocycles. The van der Waals surface area contributed by atoms with Gasteiger partial charge < -0.3 is 10.1 Å². The van der Waals surface area contributed by atoms with Crippen LogP contribution in [-0.4, -0.2) is 13.0 Å². The Hall–Kier alpha value is -2.07. The molecule has 0 spiro atoms. The molecule has 1 amide bonds. The van der Waals surface area contributed by atoms with Crippen molar-refractivity contribution in [2.75, 3.05) is 12.4 Å². The van der Waals surface area contributed by atoms with E-state index in [1.165, 1.54) is 5.56 Å². The predicted molar refractivity (Wildman–Crippen MR) is 80.2 cm³/mol. The molecule has 0 saturated carbocycles. The van der Waals surface area contributed by atoms with Crippen molar-refractivity contribution in [3.05, 3.63) is 54.4 Å². The van der Waals surface area contributed by atoms with Crippen molar-refractivity contribution in [2.45, 2.75) is 13.5 Å². The van der Waals surface area contributed by atoms with Crippen LogP contribution in [-0.2, 0) is 11.3 Å². The number of methoxy groups -OCH3 is 1. The molecule has 2 rings (SSSR count). The van der Waals surface area contributed by atoms with Crippen LogP contribution in [0.4, 0.5) is 5.69 Å². The van der Waals surface area contributed by atoms with E-state index in [1.807, 2.05) is 60.3 Å². The van der Waals surface area contributed by atoms with Crippen molar-refractivity contribution >= 4 is 24.0 Å². The van der Waals surface area contributed by atoms with Gasteiger partial charge in [0.1, 0.15) is 5.75 Å². The topological polar surface area (TPSA) is 42.2 Å². The van der Waals surface area contributed by atoms with Gasteiger partial charge in [-0.25, -0.2) is 0 Å². The van der Waals surface area contributed by atoms with E-state index in [0.717, 1.165) is 11.4 Å². The third kappa shape index (κ3) is 4.55. The SMILES string of the molecule is COc1ccc(NC(=O)C[n+]2ccc(C)cc2)cc1.Cl. The number of aromatic nitrogens is 1. The number of benzene rings is 1. The molecular formula is C15H18ClN2O2+. The Morgan fingerprint density at radius 2 is 1.75 bits per heavy atom. The fourth-order valence-electron chi connectivity index (χ4n) is 1.68. The summed E-state index contributed by atoms with van der Waals surface area (Å²) in [6.07, 6.45) is 3.78. The maximum absolute atomic E-state index is 11.9. The van der Waals surface area contributed by atoms with E-state index in [2.05, 4.69) is 5.32 Å². The highest BCUT2D eigenvalue weighted by Gasteiger charge is 2.09. The number of carbonyl (C=O) groups excluding carboxylic acids is 1. The molecule has 0 aliphatic heterocycles. The first-order chi connectivity index (χ1) is 9.17. The zero-order valence-corrected chi connectivity index (χ0v) is 12.3. The highest BCUT2D eigenvalue weighted by Crippen LogP contribution is 2.14. The van der Waals surface area contributed by atoms with E-state index in [1.54, 1.807) is 7.11 Å². The lowest BCUT2D eigenvalue weighted by atomic mass is 10.3. The zero-order valence-electron chi connectivity index (χ0n) is 11.5. The van der Waals surface area contributed by atoms with Crippen LogP contribution >= 0.6 is 12.4 Å². The van der Waals surface area contributed by atoms with Crippen LogP contribution < -0.4 is 14.6 Å². The molecule has 20 heavy (non-hydrogen) atoms. The molecule has 5 heteroatoms. The summed E-state index contributed by atoms with van der Waals surface area (Å²) in [5.41, 5.74) is 1.94. The number of ether oxygens (including phenoxy) is 1. The molecule has 0 atom stereocenters. The minimum Gasteiger partial charge on any atom is -0.497 e. The van der Waals surface area contributed by atoms with Gasteiger partial charge in [0.25, 0.3) is 5.91 Å². The quantitative estimate of drug-likeness (QED) is 0.879. The van der Waals surface area contributed by atoms with Gasteiger partial charge in [-0.15, -0.1) is 12.4 Å². The smallest absolute Gasteiger partial charge is 0.290 e. The van der Waals surface area contributed by atoms with Crippen molar-refractivity contribution in [3.8, 4) is 5.75 Å². The van der Waals surface area contributed by atoms with Crippen LogP contribution in [0.25, 0.3) is 0 Å². The monoisotopic (exact) mass is 293 g/mol. The fourth-order valence-corrected chi connectivity index (χ4v) is 1.68. The first kappa shape index (κ1) is 16.0. The number of hydrogen-bond donors (Lipinski definition) is 1. The summed E-state index contributed by atoms with van der Waals surface area (Å²) in [5.74, 6) is 0.713. The largest absolute Gasteiger partial charge is 0.497 e. The van der Waals surface area contributed by atoms with Crippen LogP contribution in [0.15, 0.2) is 48.8 Å². The van der Waals surface area contributed by atoms with E-state index in [4.69, 9.17) is 4.74 Å². The number of nitrogens with zero attached hydrogens (tertiary/aromatic N) is 1. The van der Waals surface area contributed by atoms with Crippen LogP contribution in [0.5, 0.6) is 5.75 Å². The lowest BCUT2D eigenvalue weighted by Gasteiger charge is -2.04. The molecule has 0 unspecified atom stereocenters. The number of hydrogen-bond acceptors (Lipinski definition) is 2. The standard InChI is InChI=1S/C15H16N2O2.ClH/c1-12-7-9-17(10-8-12)11-15(18)16-13-3-5-14(19-2)6-4-13;/h3-10H,11H2,1-2H3;1H/p+1. The van der Waals surface area contributed by atoms with Crippen LogP contribution in [0.1, 0.15) is 5.56 Å². The number of halogens is 1. The van der Waals surface area contributed by atoms with Gasteiger partial charge in [0, 0.05) is 17.8 Å². The molecule has 0 radical (unpaired) electrons. The first-order valence-corrected chi connectivity index (χ1v) is 6.07. The van der Waals surface area contributed by atoms with Gasteiger partial charge >= 0.3 is 0 Å². The Kier molecular flexibility index (Phi) is 6.00. The minimum absolute atomic E-state index is 0. The average Bonchev–Trinajstić information content (AvgIpc) is 2.42. The summed E-state index contributed by atoms with van der Waals surface area (Å²) in [6, 6.07) is 11.2.